The molecule has 0 aromatic heterocycles. The van der Waals surface area contributed by atoms with Crippen molar-refractivity contribution in [2.45, 2.75) is 0 Å². The molecule has 0 amide bonds. The van der Waals surface area contributed by atoms with Crippen molar-refractivity contribution in [3.63, 3.8) is 0 Å². The Morgan fingerprint density at radius 2 is 1.69 bits per heavy atom. The molecule has 0 radical (unpaired) electrons. The van der Waals surface area contributed by atoms with Crippen molar-refractivity contribution in [2.75, 3.05) is 5.88 Å². The molecule has 1 aromatic carbocycles. The zero-order valence-electron chi connectivity index (χ0n) is 6.53. The molecule has 70 valence electrons. The second-order valence-electron chi connectivity index (χ2n) is 2.31. The maximum atomic E-state index is 5.92. The Labute approximate surface area is 97.0 Å². The Morgan fingerprint density at radius 1 is 1.08 bits per heavy atom. The first-order chi connectivity index (χ1) is 6.16. The fourth-order valence-corrected chi connectivity index (χ4v) is 1.61. The summed E-state index contributed by atoms with van der Waals surface area (Å²) in [5, 5.41) is 1.51. The smallest absolute Gasteiger partial charge is 0.0679 e. The zero-order valence-corrected chi connectivity index (χ0v) is 9.55. The van der Waals surface area contributed by atoms with Gasteiger partial charge in [0.25, 0.3) is 0 Å². The topological polar surface area (TPSA) is 0 Å². The van der Waals surface area contributed by atoms with E-state index in [0.29, 0.717) is 26.5 Å². The molecule has 0 aliphatic heterocycles. The molecule has 0 spiro atoms. The summed E-state index contributed by atoms with van der Waals surface area (Å²) in [6, 6.07) is 3.36. The number of hydrogen-bond acceptors (Lipinski definition) is 0. The van der Waals surface area contributed by atoms with E-state index in [4.69, 9.17) is 46.4 Å². The lowest BCUT2D eigenvalue weighted by Gasteiger charge is -2.02. The van der Waals surface area contributed by atoms with Crippen LogP contribution in [0.4, 0.5) is 0 Å². The highest BCUT2D eigenvalue weighted by molar-refractivity contribution is 6.44. The van der Waals surface area contributed by atoms with Crippen molar-refractivity contribution in [3.8, 4) is 0 Å². The Bertz CT molecular complexity index is 331. The van der Waals surface area contributed by atoms with Gasteiger partial charge in [0.2, 0.25) is 0 Å². The lowest BCUT2D eigenvalue weighted by Crippen LogP contribution is -1.79. The predicted molar refractivity (Wildman–Crippen MR) is 61.2 cm³/mol. The SMILES string of the molecule is ClCC=Cc1c(Cl)ccc(Cl)c1Cl. The summed E-state index contributed by atoms with van der Waals surface area (Å²) < 4.78 is 0. The molecule has 0 aliphatic carbocycles. The van der Waals surface area contributed by atoms with Gasteiger partial charge in [0.05, 0.1) is 10.0 Å². The van der Waals surface area contributed by atoms with E-state index in [1.54, 1.807) is 24.3 Å². The average molecular weight is 256 g/mol. The second-order valence-corrected chi connectivity index (χ2v) is 3.81. The molecule has 0 bridgehead atoms. The minimum Gasteiger partial charge on any atom is -0.122 e. The van der Waals surface area contributed by atoms with Crippen LogP contribution in [-0.2, 0) is 0 Å². The molecule has 0 N–H and O–H groups in total. The van der Waals surface area contributed by atoms with Crippen LogP contribution in [0.5, 0.6) is 0 Å². The number of allylic oxidation sites excluding steroid dienone is 1. The van der Waals surface area contributed by atoms with Crippen molar-refractivity contribution in [1.29, 1.82) is 0 Å². The molecule has 1 rings (SSSR count). The molecule has 0 heterocycles. The molecule has 0 saturated heterocycles. The standard InChI is InChI=1S/C9H6Cl4/c10-5-1-2-6-7(11)3-4-8(12)9(6)13/h1-4H,5H2. The van der Waals surface area contributed by atoms with Gasteiger partial charge in [-0.25, -0.2) is 0 Å². The first kappa shape index (κ1) is 11.2. The summed E-state index contributed by atoms with van der Waals surface area (Å²) in [5.74, 6) is 0.416. The number of hydrogen-bond donors (Lipinski definition) is 0. The number of halogens is 4. The summed E-state index contributed by atoms with van der Waals surface area (Å²) in [5.41, 5.74) is 0.705. The van der Waals surface area contributed by atoms with Crippen molar-refractivity contribution < 1.29 is 0 Å². The summed E-state index contributed by atoms with van der Waals surface area (Å²) >= 11 is 23.1. The zero-order chi connectivity index (χ0) is 9.84. The van der Waals surface area contributed by atoms with Crippen LogP contribution in [0.15, 0.2) is 18.2 Å². The Kier molecular flexibility index (Phi) is 4.40. The molecule has 0 saturated carbocycles. The van der Waals surface area contributed by atoms with Crippen molar-refractivity contribution >= 4 is 52.5 Å². The highest BCUT2D eigenvalue weighted by atomic mass is 35.5. The van der Waals surface area contributed by atoms with Crippen LogP contribution in [0.3, 0.4) is 0 Å². The molecule has 13 heavy (non-hydrogen) atoms. The molecule has 0 fully saturated rings. The van der Waals surface area contributed by atoms with Crippen LogP contribution >= 0.6 is 46.4 Å². The van der Waals surface area contributed by atoms with Gasteiger partial charge in [-0.15, -0.1) is 11.6 Å². The van der Waals surface area contributed by atoms with E-state index in [1.165, 1.54) is 0 Å². The second kappa shape index (κ2) is 5.11. The predicted octanol–water partition coefficient (Wildman–Crippen LogP) is 4.90. The van der Waals surface area contributed by atoms with Gasteiger partial charge in [-0.2, -0.15) is 0 Å². The lowest BCUT2D eigenvalue weighted by molar-refractivity contribution is 1.64. The van der Waals surface area contributed by atoms with Gasteiger partial charge in [-0.1, -0.05) is 47.0 Å². The van der Waals surface area contributed by atoms with Crippen LogP contribution < -0.4 is 0 Å². The number of alkyl halides is 1. The van der Waals surface area contributed by atoms with Gasteiger partial charge in [0.1, 0.15) is 0 Å². The largest absolute Gasteiger partial charge is 0.122 e. The highest BCUT2D eigenvalue weighted by Crippen LogP contribution is 2.32. The van der Waals surface area contributed by atoms with Crippen LogP contribution in [-0.4, -0.2) is 5.88 Å². The van der Waals surface area contributed by atoms with Crippen LogP contribution in [0.25, 0.3) is 6.08 Å². The third-order valence-electron chi connectivity index (χ3n) is 1.45. The first-order valence-corrected chi connectivity index (χ1v) is 5.19. The number of rotatable bonds is 2. The Hall–Kier alpha value is 0.120. The third kappa shape index (κ3) is 2.78. The van der Waals surface area contributed by atoms with Gasteiger partial charge in [0.15, 0.2) is 0 Å². The van der Waals surface area contributed by atoms with Gasteiger partial charge in [-0.3, -0.25) is 0 Å². The maximum absolute atomic E-state index is 5.92. The first-order valence-electron chi connectivity index (χ1n) is 3.53. The van der Waals surface area contributed by atoms with E-state index in [2.05, 4.69) is 0 Å². The monoisotopic (exact) mass is 254 g/mol. The lowest BCUT2D eigenvalue weighted by atomic mass is 10.2. The Balaban J connectivity index is 3.17. The minimum absolute atomic E-state index is 0.416. The van der Waals surface area contributed by atoms with Crippen molar-refractivity contribution in [1.82, 2.24) is 0 Å². The van der Waals surface area contributed by atoms with Crippen molar-refractivity contribution in [2.24, 2.45) is 0 Å². The molecule has 0 aliphatic rings. The maximum Gasteiger partial charge on any atom is 0.0679 e. The number of benzene rings is 1. The molecule has 1 aromatic rings. The van der Waals surface area contributed by atoms with Gasteiger partial charge < -0.3 is 0 Å². The fraction of sp³-hybridized carbons (Fsp3) is 0.111. The van der Waals surface area contributed by atoms with E-state index in [9.17, 15) is 0 Å². The van der Waals surface area contributed by atoms with Crippen LogP contribution in [0, 0.1) is 0 Å². The minimum atomic E-state index is 0.416. The molecule has 0 atom stereocenters. The van der Waals surface area contributed by atoms with Gasteiger partial charge >= 0.3 is 0 Å². The quantitative estimate of drug-likeness (QED) is 0.521. The molecule has 4 heteroatoms. The fourth-order valence-electron chi connectivity index (χ4n) is 0.858. The Morgan fingerprint density at radius 3 is 2.31 bits per heavy atom. The van der Waals surface area contributed by atoms with Gasteiger partial charge in [-0.05, 0) is 12.1 Å². The van der Waals surface area contributed by atoms with E-state index in [0.717, 1.165) is 0 Å². The third-order valence-corrected chi connectivity index (χ3v) is 2.78. The summed E-state index contributed by atoms with van der Waals surface area (Å²) in [6.45, 7) is 0. The van der Waals surface area contributed by atoms with E-state index in [-0.39, 0.29) is 0 Å². The molecule has 0 unspecified atom stereocenters. The molecule has 0 nitrogen and oxygen atoms in total. The van der Waals surface area contributed by atoms with E-state index < -0.39 is 0 Å². The van der Waals surface area contributed by atoms with Gasteiger partial charge in [0, 0.05) is 16.5 Å². The average Bonchev–Trinajstić information content (AvgIpc) is 2.12. The van der Waals surface area contributed by atoms with E-state index in [1.807, 2.05) is 0 Å². The summed E-state index contributed by atoms with van der Waals surface area (Å²) in [7, 11) is 0. The molecular weight excluding hydrogens is 250 g/mol. The summed E-state index contributed by atoms with van der Waals surface area (Å²) in [4.78, 5) is 0. The summed E-state index contributed by atoms with van der Waals surface area (Å²) in [6.07, 6.45) is 3.51. The van der Waals surface area contributed by atoms with Crippen LogP contribution in [0.2, 0.25) is 15.1 Å². The van der Waals surface area contributed by atoms with E-state index >= 15 is 0 Å². The highest BCUT2D eigenvalue weighted by Gasteiger charge is 2.05. The van der Waals surface area contributed by atoms with Crippen molar-refractivity contribution in [3.05, 3.63) is 38.8 Å². The normalized spacial score (nSPS) is 11.1. The van der Waals surface area contributed by atoms with Crippen LogP contribution in [0.1, 0.15) is 5.56 Å². The molecular formula is C9H6Cl4.